The normalized spacial score (nSPS) is 13.6. The molecule has 0 saturated heterocycles. The van der Waals surface area contributed by atoms with E-state index in [0.717, 1.165) is 70.6 Å². The van der Waals surface area contributed by atoms with E-state index in [0.29, 0.717) is 13.0 Å². The van der Waals surface area contributed by atoms with Crippen molar-refractivity contribution in [1.29, 1.82) is 0 Å². The standard InChI is InChI=1S/C20H40O5/c1-24-19(15-11-7-5-8-12-16-20(23)25-2)18(22)14-10-6-3-4-9-13-17-21/h18-19,21-22H,3-17H2,1-2H3. The number of carbonyl (C=O) groups is 1. The number of rotatable bonds is 18. The minimum atomic E-state index is -0.373. The van der Waals surface area contributed by atoms with Gasteiger partial charge in [-0.05, 0) is 25.7 Å². The Balaban J connectivity index is 3.57. The minimum absolute atomic E-state index is 0.0653. The molecule has 150 valence electrons. The van der Waals surface area contributed by atoms with E-state index in [9.17, 15) is 9.90 Å². The maximum absolute atomic E-state index is 11.0. The molecule has 0 spiro atoms. The Labute approximate surface area is 154 Å². The van der Waals surface area contributed by atoms with Gasteiger partial charge in [-0.25, -0.2) is 0 Å². The molecule has 2 N–H and O–H groups in total. The first-order valence-electron chi connectivity index (χ1n) is 10.0. The lowest BCUT2D eigenvalue weighted by Crippen LogP contribution is -2.27. The number of ether oxygens (including phenoxy) is 2. The lowest BCUT2D eigenvalue weighted by atomic mass is 9.99. The fourth-order valence-corrected chi connectivity index (χ4v) is 3.07. The summed E-state index contributed by atoms with van der Waals surface area (Å²) in [7, 11) is 3.11. The van der Waals surface area contributed by atoms with E-state index in [2.05, 4.69) is 4.74 Å². The van der Waals surface area contributed by atoms with E-state index in [4.69, 9.17) is 9.84 Å². The molecular formula is C20H40O5. The SMILES string of the molecule is COC(=O)CCCCCCCC(OC)C(O)CCCCCCCCO. The Bertz CT molecular complexity index is 296. The van der Waals surface area contributed by atoms with Crippen molar-refractivity contribution in [2.24, 2.45) is 0 Å². The highest BCUT2D eigenvalue weighted by Gasteiger charge is 2.17. The highest BCUT2D eigenvalue weighted by Crippen LogP contribution is 2.17. The van der Waals surface area contributed by atoms with E-state index < -0.39 is 0 Å². The van der Waals surface area contributed by atoms with Crippen LogP contribution in [0, 0.1) is 0 Å². The fraction of sp³-hybridized carbons (Fsp3) is 0.950. The predicted octanol–water partition coefficient (Wildman–Crippen LogP) is 3.99. The molecular weight excluding hydrogens is 320 g/mol. The van der Waals surface area contributed by atoms with Crippen LogP contribution in [0.25, 0.3) is 0 Å². The van der Waals surface area contributed by atoms with Gasteiger partial charge < -0.3 is 19.7 Å². The number of hydrogen-bond donors (Lipinski definition) is 2. The van der Waals surface area contributed by atoms with Crippen molar-refractivity contribution in [3.05, 3.63) is 0 Å². The molecule has 0 heterocycles. The lowest BCUT2D eigenvalue weighted by molar-refractivity contribution is -0.140. The summed E-state index contributed by atoms with van der Waals surface area (Å²) in [4.78, 5) is 11.0. The maximum Gasteiger partial charge on any atom is 0.305 e. The van der Waals surface area contributed by atoms with E-state index in [-0.39, 0.29) is 18.2 Å². The van der Waals surface area contributed by atoms with Crippen molar-refractivity contribution < 1.29 is 24.5 Å². The van der Waals surface area contributed by atoms with Crippen LogP contribution >= 0.6 is 0 Å². The third-order valence-electron chi connectivity index (χ3n) is 4.74. The lowest BCUT2D eigenvalue weighted by Gasteiger charge is -2.21. The predicted molar refractivity (Wildman–Crippen MR) is 101 cm³/mol. The quantitative estimate of drug-likeness (QED) is 0.285. The number of unbranched alkanes of at least 4 members (excludes halogenated alkanes) is 9. The molecule has 5 heteroatoms. The summed E-state index contributed by atoms with van der Waals surface area (Å²) in [6.45, 7) is 0.291. The summed E-state index contributed by atoms with van der Waals surface area (Å²) in [6.07, 6.45) is 13.5. The largest absolute Gasteiger partial charge is 0.469 e. The van der Waals surface area contributed by atoms with Crippen LogP contribution in [0.15, 0.2) is 0 Å². The molecule has 0 aliphatic heterocycles. The molecule has 0 radical (unpaired) electrons. The summed E-state index contributed by atoms with van der Waals surface area (Å²) >= 11 is 0. The second kappa shape index (κ2) is 18.2. The van der Waals surface area contributed by atoms with Gasteiger partial charge in [-0.2, -0.15) is 0 Å². The highest BCUT2D eigenvalue weighted by atomic mass is 16.5. The molecule has 2 unspecified atom stereocenters. The van der Waals surface area contributed by atoms with E-state index in [1.54, 1.807) is 7.11 Å². The Kier molecular flexibility index (Phi) is 17.7. The van der Waals surface area contributed by atoms with Gasteiger partial charge in [0.15, 0.2) is 0 Å². The van der Waals surface area contributed by atoms with Crippen LogP contribution in [0.1, 0.15) is 89.9 Å². The summed E-state index contributed by atoms with van der Waals surface area (Å²) in [5.41, 5.74) is 0. The van der Waals surface area contributed by atoms with Crippen molar-refractivity contribution >= 4 is 5.97 Å². The molecule has 0 aromatic heterocycles. The fourth-order valence-electron chi connectivity index (χ4n) is 3.07. The monoisotopic (exact) mass is 360 g/mol. The summed E-state index contributed by atoms with van der Waals surface area (Å²) in [6, 6.07) is 0. The molecule has 0 rings (SSSR count). The first-order valence-corrected chi connectivity index (χ1v) is 10.0. The van der Waals surface area contributed by atoms with Crippen LogP contribution in [0.3, 0.4) is 0 Å². The molecule has 0 saturated carbocycles. The van der Waals surface area contributed by atoms with Gasteiger partial charge in [0.05, 0.1) is 19.3 Å². The van der Waals surface area contributed by atoms with Gasteiger partial charge in [-0.3, -0.25) is 4.79 Å². The topological polar surface area (TPSA) is 76.0 Å². The first-order chi connectivity index (χ1) is 12.2. The van der Waals surface area contributed by atoms with Gasteiger partial charge in [0.25, 0.3) is 0 Å². The van der Waals surface area contributed by atoms with Crippen LogP contribution in [0.2, 0.25) is 0 Å². The summed E-state index contributed by atoms with van der Waals surface area (Å²) in [5, 5.41) is 19.0. The smallest absolute Gasteiger partial charge is 0.305 e. The second-order valence-corrected chi connectivity index (χ2v) is 6.86. The Morgan fingerprint density at radius 2 is 1.32 bits per heavy atom. The van der Waals surface area contributed by atoms with Crippen molar-refractivity contribution in [2.45, 2.75) is 102 Å². The van der Waals surface area contributed by atoms with Crippen LogP contribution < -0.4 is 0 Å². The molecule has 0 aromatic rings. The Morgan fingerprint density at radius 1 is 0.800 bits per heavy atom. The number of aliphatic hydroxyl groups is 2. The Hall–Kier alpha value is -0.650. The number of esters is 1. The molecule has 0 aliphatic carbocycles. The summed E-state index contributed by atoms with van der Waals surface area (Å²) in [5.74, 6) is -0.129. The van der Waals surface area contributed by atoms with Gasteiger partial charge in [0.2, 0.25) is 0 Å². The molecule has 5 nitrogen and oxygen atoms in total. The van der Waals surface area contributed by atoms with Crippen LogP contribution in [-0.4, -0.2) is 49.2 Å². The van der Waals surface area contributed by atoms with Gasteiger partial charge in [-0.15, -0.1) is 0 Å². The second-order valence-electron chi connectivity index (χ2n) is 6.86. The third kappa shape index (κ3) is 15.3. The van der Waals surface area contributed by atoms with Crippen molar-refractivity contribution in [3.63, 3.8) is 0 Å². The van der Waals surface area contributed by atoms with Gasteiger partial charge in [0, 0.05) is 20.1 Å². The zero-order valence-electron chi connectivity index (χ0n) is 16.4. The third-order valence-corrected chi connectivity index (χ3v) is 4.74. The number of aliphatic hydroxyl groups excluding tert-OH is 2. The van der Waals surface area contributed by atoms with Crippen molar-refractivity contribution in [3.8, 4) is 0 Å². The van der Waals surface area contributed by atoms with Crippen LogP contribution in [0.4, 0.5) is 0 Å². The van der Waals surface area contributed by atoms with Crippen LogP contribution in [-0.2, 0) is 14.3 Å². The zero-order chi connectivity index (χ0) is 18.8. The van der Waals surface area contributed by atoms with E-state index in [1.165, 1.54) is 20.0 Å². The summed E-state index contributed by atoms with van der Waals surface area (Å²) < 4.78 is 10.1. The maximum atomic E-state index is 11.0. The minimum Gasteiger partial charge on any atom is -0.469 e. The van der Waals surface area contributed by atoms with E-state index >= 15 is 0 Å². The molecule has 0 bridgehead atoms. The average molecular weight is 361 g/mol. The molecule has 0 fully saturated rings. The van der Waals surface area contributed by atoms with Gasteiger partial charge in [0.1, 0.15) is 0 Å². The zero-order valence-corrected chi connectivity index (χ0v) is 16.4. The van der Waals surface area contributed by atoms with Gasteiger partial charge in [-0.1, -0.05) is 57.8 Å². The van der Waals surface area contributed by atoms with Gasteiger partial charge >= 0.3 is 5.97 Å². The first kappa shape index (κ1) is 24.4. The number of methoxy groups -OCH3 is 2. The molecule has 0 amide bonds. The van der Waals surface area contributed by atoms with Crippen LogP contribution in [0.5, 0.6) is 0 Å². The number of hydrogen-bond acceptors (Lipinski definition) is 5. The highest BCUT2D eigenvalue weighted by molar-refractivity contribution is 5.68. The number of carbonyl (C=O) groups excluding carboxylic acids is 1. The molecule has 0 aliphatic rings. The Morgan fingerprint density at radius 3 is 1.88 bits per heavy atom. The van der Waals surface area contributed by atoms with E-state index in [1.807, 2.05) is 0 Å². The average Bonchev–Trinajstić information content (AvgIpc) is 2.62. The van der Waals surface area contributed by atoms with Crippen molar-refractivity contribution in [1.82, 2.24) is 0 Å². The van der Waals surface area contributed by atoms with Crippen molar-refractivity contribution in [2.75, 3.05) is 20.8 Å². The molecule has 2 atom stereocenters. The molecule has 0 aromatic carbocycles. The molecule has 25 heavy (non-hydrogen) atoms.